The fourth-order valence-electron chi connectivity index (χ4n) is 2.22. The molecule has 0 aliphatic heterocycles. The fraction of sp³-hybridized carbons (Fsp3) is 0.818. The monoisotopic (exact) mass is 237 g/mol. The number of hydrogen-bond donors (Lipinski definition) is 1. The fourth-order valence-corrected chi connectivity index (χ4v) is 2.22. The van der Waals surface area contributed by atoms with Crippen molar-refractivity contribution >= 4 is 5.91 Å². The van der Waals surface area contributed by atoms with Gasteiger partial charge in [-0.1, -0.05) is 25.7 Å². The summed E-state index contributed by atoms with van der Waals surface area (Å²) in [5.74, 6) is 0.104. The maximum atomic E-state index is 11.7. The maximum absolute atomic E-state index is 11.7. The SMILES string of the molecule is O=C(CCn1cnnn1)NC1CCCCCC1. The van der Waals surface area contributed by atoms with Crippen LogP contribution < -0.4 is 5.32 Å². The molecule has 0 bridgehead atoms. The summed E-state index contributed by atoms with van der Waals surface area (Å²) in [7, 11) is 0. The van der Waals surface area contributed by atoms with E-state index in [1.165, 1.54) is 32.0 Å². The molecule has 2 rings (SSSR count). The number of tetrazole rings is 1. The van der Waals surface area contributed by atoms with Crippen molar-refractivity contribution < 1.29 is 4.79 Å². The Morgan fingerprint density at radius 1 is 1.29 bits per heavy atom. The van der Waals surface area contributed by atoms with Crippen molar-refractivity contribution in [3.05, 3.63) is 6.33 Å². The van der Waals surface area contributed by atoms with Gasteiger partial charge in [-0.25, -0.2) is 4.68 Å². The number of aryl methyl sites for hydroxylation is 1. The van der Waals surface area contributed by atoms with Gasteiger partial charge in [-0.05, 0) is 23.3 Å². The van der Waals surface area contributed by atoms with Gasteiger partial charge in [-0.2, -0.15) is 0 Å². The van der Waals surface area contributed by atoms with Gasteiger partial charge in [0.25, 0.3) is 0 Å². The first-order valence-electron chi connectivity index (χ1n) is 6.35. The van der Waals surface area contributed by atoms with Crippen LogP contribution in [0.25, 0.3) is 0 Å². The normalized spacial score (nSPS) is 17.6. The van der Waals surface area contributed by atoms with E-state index in [9.17, 15) is 4.79 Å². The molecule has 6 heteroatoms. The molecule has 6 nitrogen and oxygen atoms in total. The van der Waals surface area contributed by atoms with E-state index in [0.717, 1.165) is 12.8 Å². The number of aromatic nitrogens is 4. The molecule has 0 saturated heterocycles. The van der Waals surface area contributed by atoms with Gasteiger partial charge in [-0.3, -0.25) is 4.79 Å². The highest BCUT2D eigenvalue weighted by molar-refractivity contribution is 5.76. The molecule has 0 atom stereocenters. The van der Waals surface area contributed by atoms with Crippen molar-refractivity contribution in [1.82, 2.24) is 25.5 Å². The summed E-state index contributed by atoms with van der Waals surface area (Å²) in [6, 6.07) is 0.374. The lowest BCUT2D eigenvalue weighted by molar-refractivity contribution is -0.122. The van der Waals surface area contributed by atoms with E-state index >= 15 is 0 Å². The molecule has 1 amide bonds. The minimum absolute atomic E-state index is 0.104. The Morgan fingerprint density at radius 2 is 2.06 bits per heavy atom. The van der Waals surface area contributed by atoms with E-state index in [2.05, 4.69) is 20.8 Å². The van der Waals surface area contributed by atoms with Gasteiger partial charge in [0.15, 0.2) is 0 Å². The number of nitrogens with one attached hydrogen (secondary N) is 1. The summed E-state index contributed by atoms with van der Waals surface area (Å²) in [4.78, 5) is 11.7. The standard InChI is InChI=1S/C11H19N5O/c17-11(7-8-16-9-12-14-15-16)13-10-5-3-1-2-4-6-10/h9-10H,1-8H2,(H,13,17). The van der Waals surface area contributed by atoms with Crippen LogP contribution in [0.15, 0.2) is 6.33 Å². The molecule has 0 unspecified atom stereocenters. The molecule has 1 heterocycles. The Bertz CT molecular complexity index is 330. The molecule has 0 aromatic carbocycles. The number of carbonyl (C=O) groups excluding carboxylic acids is 1. The van der Waals surface area contributed by atoms with Crippen LogP contribution in [0.5, 0.6) is 0 Å². The third kappa shape index (κ3) is 4.13. The van der Waals surface area contributed by atoms with Gasteiger partial charge in [0.05, 0.1) is 6.54 Å². The van der Waals surface area contributed by atoms with E-state index < -0.39 is 0 Å². The summed E-state index contributed by atoms with van der Waals surface area (Å²) in [5, 5.41) is 13.9. The minimum atomic E-state index is 0.104. The summed E-state index contributed by atoms with van der Waals surface area (Å²) in [5.41, 5.74) is 0. The van der Waals surface area contributed by atoms with Crippen molar-refractivity contribution in [3.63, 3.8) is 0 Å². The lowest BCUT2D eigenvalue weighted by Gasteiger charge is -2.15. The second-order valence-corrected chi connectivity index (χ2v) is 4.58. The summed E-state index contributed by atoms with van der Waals surface area (Å²) in [6.07, 6.45) is 9.29. The van der Waals surface area contributed by atoms with Gasteiger partial charge in [0.2, 0.25) is 5.91 Å². The second kappa shape index (κ2) is 6.32. The number of rotatable bonds is 4. The van der Waals surface area contributed by atoms with E-state index in [1.54, 1.807) is 4.68 Å². The Kier molecular flexibility index (Phi) is 4.46. The number of carbonyl (C=O) groups is 1. The van der Waals surface area contributed by atoms with E-state index in [0.29, 0.717) is 19.0 Å². The van der Waals surface area contributed by atoms with Crippen molar-refractivity contribution in [1.29, 1.82) is 0 Å². The van der Waals surface area contributed by atoms with Crippen LogP contribution in [0.2, 0.25) is 0 Å². The highest BCUT2D eigenvalue weighted by Gasteiger charge is 2.14. The zero-order valence-electron chi connectivity index (χ0n) is 10.0. The third-order valence-electron chi connectivity index (χ3n) is 3.18. The molecule has 1 aromatic heterocycles. The minimum Gasteiger partial charge on any atom is -0.353 e. The summed E-state index contributed by atoms with van der Waals surface area (Å²) < 4.78 is 1.58. The molecule has 1 aliphatic carbocycles. The van der Waals surface area contributed by atoms with Crippen LogP contribution in [0, 0.1) is 0 Å². The second-order valence-electron chi connectivity index (χ2n) is 4.58. The Hall–Kier alpha value is -1.46. The van der Waals surface area contributed by atoms with Crippen LogP contribution in [0.4, 0.5) is 0 Å². The molecule has 94 valence electrons. The summed E-state index contributed by atoms with van der Waals surface area (Å²) in [6.45, 7) is 0.547. The molecule has 0 spiro atoms. The number of amides is 1. The largest absolute Gasteiger partial charge is 0.353 e. The van der Waals surface area contributed by atoms with Crippen molar-refractivity contribution in [2.45, 2.75) is 57.5 Å². The van der Waals surface area contributed by atoms with Crippen LogP contribution in [0.3, 0.4) is 0 Å². The first-order valence-corrected chi connectivity index (χ1v) is 6.35. The van der Waals surface area contributed by atoms with Crippen LogP contribution in [-0.4, -0.2) is 32.2 Å². The molecule has 1 fully saturated rings. The van der Waals surface area contributed by atoms with Gasteiger partial charge in [0.1, 0.15) is 6.33 Å². The van der Waals surface area contributed by atoms with Crippen molar-refractivity contribution in [2.24, 2.45) is 0 Å². The quantitative estimate of drug-likeness (QED) is 0.790. The van der Waals surface area contributed by atoms with Crippen molar-refractivity contribution in [3.8, 4) is 0 Å². The first kappa shape index (κ1) is 12.0. The predicted octanol–water partition coefficient (Wildman–Crippen LogP) is 0.902. The van der Waals surface area contributed by atoms with Gasteiger partial charge in [0, 0.05) is 12.5 Å². The molecule has 1 aliphatic rings. The van der Waals surface area contributed by atoms with Gasteiger partial charge in [-0.15, -0.1) is 5.10 Å². The van der Waals surface area contributed by atoms with E-state index in [1.807, 2.05) is 0 Å². The smallest absolute Gasteiger partial charge is 0.222 e. The third-order valence-corrected chi connectivity index (χ3v) is 3.18. The Morgan fingerprint density at radius 3 is 2.71 bits per heavy atom. The lowest BCUT2D eigenvalue weighted by atomic mass is 10.1. The van der Waals surface area contributed by atoms with E-state index in [4.69, 9.17) is 0 Å². The average molecular weight is 237 g/mol. The van der Waals surface area contributed by atoms with E-state index in [-0.39, 0.29) is 5.91 Å². The van der Waals surface area contributed by atoms with Crippen LogP contribution in [0.1, 0.15) is 44.9 Å². The van der Waals surface area contributed by atoms with Crippen LogP contribution >= 0.6 is 0 Å². The molecular formula is C11H19N5O. The van der Waals surface area contributed by atoms with Crippen LogP contribution in [-0.2, 0) is 11.3 Å². The lowest BCUT2D eigenvalue weighted by Crippen LogP contribution is -2.34. The predicted molar refractivity (Wildman–Crippen MR) is 62.1 cm³/mol. The zero-order valence-corrected chi connectivity index (χ0v) is 10.0. The molecule has 0 radical (unpaired) electrons. The average Bonchev–Trinajstić information content (AvgIpc) is 2.72. The zero-order chi connectivity index (χ0) is 11.9. The molecule has 1 aromatic rings. The van der Waals surface area contributed by atoms with Gasteiger partial charge >= 0.3 is 0 Å². The highest BCUT2D eigenvalue weighted by Crippen LogP contribution is 2.17. The maximum Gasteiger partial charge on any atom is 0.222 e. The summed E-state index contributed by atoms with van der Waals surface area (Å²) >= 11 is 0. The Balaban J connectivity index is 1.69. The Labute approximate surface area is 101 Å². The molecule has 1 N–H and O–H groups in total. The highest BCUT2D eigenvalue weighted by atomic mass is 16.1. The molecule has 17 heavy (non-hydrogen) atoms. The number of hydrogen-bond acceptors (Lipinski definition) is 4. The first-order chi connectivity index (χ1) is 8.34. The van der Waals surface area contributed by atoms with Crippen molar-refractivity contribution in [2.75, 3.05) is 0 Å². The number of nitrogens with zero attached hydrogens (tertiary/aromatic N) is 4. The topological polar surface area (TPSA) is 72.7 Å². The van der Waals surface area contributed by atoms with Gasteiger partial charge < -0.3 is 5.32 Å². The molecule has 1 saturated carbocycles. The molecular weight excluding hydrogens is 218 g/mol.